The second-order valence-corrected chi connectivity index (χ2v) is 23.0. The second-order valence-electron chi connectivity index (χ2n) is 19.8. The highest BCUT2D eigenvalue weighted by Gasteiger charge is 2.26. The van der Waals surface area contributed by atoms with E-state index in [0.29, 0.717) is 43.7 Å². The molecule has 20 heteroatoms. The Labute approximate surface area is 465 Å². The van der Waals surface area contributed by atoms with E-state index >= 15 is 0 Å². The Morgan fingerprint density at radius 3 is 0.920 bits per heavy atom. The van der Waals surface area contributed by atoms with Gasteiger partial charge in [0.1, 0.15) is 0 Å². The summed E-state index contributed by atoms with van der Waals surface area (Å²) in [5.41, 5.74) is 0.933. The molecule has 2 unspecified atom stereocenters. The lowest BCUT2D eigenvalue weighted by molar-refractivity contribution is -0.929. The van der Waals surface area contributed by atoms with Crippen molar-refractivity contribution >= 4 is 55.7 Å². The van der Waals surface area contributed by atoms with E-state index in [0.717, 1.165) is 13.3 Å². The summed E-state index contributed by atoms with van der Waals surface area (Å²) in [4.78, 5) is 45.8. The maximum Gasteiger partial charge on any atom is 0.307 e. The van der Waals surface area contributed by atoms with Crippen LogP contribution in [0.3, 0.4) is 0 Å². The zero-order chi connectivity index (χ0) is 58.1. The van der Waals surface area contributed by atoms with Gasteiger partial charge in [-0.3, -0.25) is 19.2 Å². The number of quaternary nitrogens is 2. The van der Waals surface area contributed by atoms with Crippen molar-refractivity contribution in [1.82, 2.24) is 20.8 Å². The van der Waals surface area contributed by atoms with Crippen LogP contribution in [0.2, 0.25) is 0 Å². The Morgan fingerprint density at radius 1 is 0.480 bits per heavy atom. The van der Waals surface area contributed by atoms with Gasteiger partial charge in [-0.15, -0.1) is 0 Å². The van der Waals surface area contributed by atoms with Gasteiger partial charge in [0.25, 0.3) is 0 Å². The maximum atomic E-state index is 11.4. The minimum absolute atomic E-state index is 0. The third kappa shape index (κ3) is 57.4. The number of hydrogen-bond acceptors (Lipinski definition) is 11. The molecule has 0 fully saturated rings. The number of unbranched alkanes of at least 4 members (excludes halogenated alkanes) is 8. The van der Waals surface area contributed by atoms with Crippen LogP contribution in [0.1, 0.15) is 206 Å². The van der Waals surface area contributed by atoms with E-state index in [1.807, 2.05) is 0 Å². The molecule has 0 aliphatic rings. The molecule has 0 aromatic heterocycles. The topological polar surface area (TPSA) is 251 Å². The van der Waals surface area contributed by atoms with Crippen LogP contribution in [-0.4, -0.2) is 154 Å². The summed E-state index contributed by atoms with van der Waals surface area (Å²) in [6, 6.07) is 0. The smallest absolute Gasteiger partial charge is 0.307 e. The fraction of sp³-hybridized carbons (Fsp3) is 0.855. The van der Waals surface area contributed by atoms with Crippen LogP contribution >= 0.6 is 11.8 Å². The summed E-state index contributed by atoms with van der Waals surface area (Å²) in [6.45, 7) is 44.8. The Kier molecular flexibility index (Phi) is 59.5. The van der Waals surface area contributed by atoms with Crippen molar-refractivity contribution in [3.05, 3.63) is 24.3 Å². The van der Waals surface area contributed by atoms with E-state index in [1.54, 1.807) is 13.8 Å². The fourth-order valence-electron chi connectivity index (χ4n) is 7.38. The summed E-state index contributed by atoms with van der Waals surface area (Å²) in [5, 5.41) is 15.9. The molecule has 0 spiro atoms. The Hall–Kier alpha value is -2.65. The van der Waals surface area contributed by atoms with Gasteiger partial charge in [0.2, 0.25) is 17.7 Å². The fourth-order valence-corrected chi connectivity index (χ4v) is 9.04. The van der Waals surface area contributed by atoms with Crippen molar-refractivity contribution < 1.29 is 59.2 Å². The number of aliphatic carboxylic acids is 1. The van der Waals surface area contributed by atoms with Gasteiger partial charge in [-0.05, 0) is 89.8 Å². The van der Waals surface area contributed by atoms with Crippen molar-refractivity contribution in [1.29, 1.82) is 0 Å². The number of halogens is 1. The van der Waals surface area contributed by atoms with Crippen LogP contribution in [0.15, 0.2) is 24.3 Å². The van der Waals surface area contributed by atoms with Crippen LogP contribution in [0, 0.1) is 11.8 Å². The van der Waals surface area contributed by atoms with E-state index in [4.69, 9.17) is 16.9 Å². The van der Waals surface area contributed by atoms with Crippen LogP contribution in [0.4, 0.5) is 0 Å². The number of carboxylic acid groups (broad SMARTS) is 1. The molecule has 0 aromatic carbocycles. The normalized spacial score (nSPS) is 11.9. The summed E-state index contributed by atoms with van der Waals surface area (Å²) in [7, 11) is -8.80. The van der Waals surface area contributed by atoms with Crippen LogP contribution < -0.4 is 20.8 Å². The Morgan fingerprint density at radius 2 is 0.720 bits per heavy atom. The molecule has 0 heterocycles. The van der Waals surface area contributed by atoms with Gasteiger partial charge in [-0.1, -0.05) is 141 Å². The third-order valence-electron chi connectivity index (χ3n) is 12.1. The number of amides is 3. The SMILES string of the molecule is C.C=C(C)C(=O)NCCCNC(=O)C(C)CS(=O)(=O)[O-].C=C(C)C(=O)NCCCNCl.CC(CS(=O)(=O)[O-])C(=O)O.CCCC[N+](CCCC)(CCCC)CCCC.CCCC[N+](CCCC)(CCCC)CCCC. The van der Waals surface area contributed by atoms with Gasteiger partial charge in [0.05, 0.1) is 84.3 Å². The standard InChI is InChI=1S/2C16H36N.C11H20N2O5S.C7H13ClN2O.C4H8O5S.CH4/c2*1-5-9-13-17(14-10-6-2,15-11-7-3)16-12-8-4;1-8(2)10(14)12-5-4-6-13-11(15)9(3)7-19(16,17)18;1-6(2)7(11)9-4-3-5-10-8;1-3(4(5)6)2-10(7,8)9;/h2*5-16H2,1-4H3;9H,1,4-7H2,2-3H3,(H,12,14)(H,13,15)(H,16,17,18);10H,1,3-5H2,2H3,(H,9,11);3H,2H2,1H3,(H,5,6)(H,7,8,9);1H4/q2*+1;;;;/p-2. The number of carboxylic acids is 1. The first-order valence-corrected chi connectivity index (χ1v) is 31.4. The number of rotatable bonds is 40. The average molecular weight is 1140 g/mol. The second kappa shape index (κ2) is 53.4. The van der Waals surface area contributed by atoms with Gasteiger partial charge in [0.15, 0.2) is 0 Å². The zero-order valence-electron chi connectivity index (χ0n) is 48.8. The summed E-state index contributed by atoms with van der Waals surface area (Å²) >= 11 is 5.20. The van der Waals surface area contributed by atoms with Crippen molar-refractivity contribution in [2.45, 2.75) is 206 Å². The quantitative estimate of drug-likeness (QED) is 0.0126. The first-order chi connectivity index (χ1) is 34.6. The largest absolute Gasteiger partial charge is 0.748 e. The number of carbonyl (C=O) groups is 4. The summed E-state index contributed by atoms with van der Waals surface area (Å²) in [6.07, 6.45) is 23.4. The molecule has 75 heavy (non-hydrogen) atoms. The molecule has 0 bridgehead atoms. The van der Waals surface area contributed by atoms with Gasteiger partial charge in [0, 0.05) is 49.0 Å². The van der Waals surface area contributed by atoms with Crippen molar-refractivity contribution in [2.24, 2.45) is 11.8 Å². The lowest BCUT2D eigenvalue weighted by atomic mass is 10.1. The van der Waals surface area contributed by atoms with Gasteiger partial charge < -0.3 is 39.1 Å². The van der Waals surface area contributed by atoms with Crippen LogP contribution in [0.5, 0.6) is 0 Å². The first kappa shape index (κ1) is 83.7. The molecule has 0 radical (unpaired) electrons. The molecule has 3 amide bonds. The molecule has 17 nitrogen and oxygen atoms in total. The predicted molar refractivity (Wildman–Crippen MR) is 312 cm³/mol. The molecular formula is C55H115ClN6O11S2. The van der Waals surface area contributed by atoms with Gasteiger partial charge in [-0.2, -0.15) is 0 Å². The molecule has 0 aliphatic heterocycles. The van der Waals surface area contributed by atoms with Gasteiger partial charge in [-0.25, -0.2) is 21.7 Å². The van der Waals surface area contributed by atoms with Crippen molar-refractivity contribution in [2.75, 3.05) is 90.0 Å². The third-order valence-corrected chi connectivity index (χ3v) is 14.1. The molecule has 0 aliphatic carbocycles. The molecule has 2 atom stereocenters. The minimum atomic E-state index is -4.40. The number of nitrogens with one attached hydrogen (secondary N) is 4. The average Bonchev–Trinajstić information content (AvgIpc) is 3.33. The van der Waals surface area contributed by atoms with E-state index in [2.05, 4.69) is 89.3 Å². The Bertz CT molecular complexity index is 1560. The van der Waals surface area contributed by atoms with Crippen LogP contribution in [0.25, 0.3) is 0 Å². The summed E-state index contributed by atoms with van der Waals surface area (Å²) < 4.78 is 64.0. The molecule has 5 N–H and O–H groups in total. The minimum Gasteiger partial charge on any atom is -0.748 e. The molecule has 0 aromatic rings. The van der Waals surface area contributed by atoms with E-state index in [9.17, 15) is 45.1 Å². The number of hydrogen-bond donors (Lipinski definition) is 5. The molecule has 0 rings (SSSR count). The van der Waals surface area contributed by atoms with Crippen molar-refractivity contribution in [3.63, 3.8) is 0 Å². The number of carbonyl (C=O) groups excluding carboxylic acids is 3. The van der Waals surface area contributed by atoms with Gasteiger partial charge >= 0.3 is 5.97 Å². The maximum absolute atomic E-state index is 11.4. The highest BCUT2D eigenvalue weighted by molar-refractivity contribution is 7.85. The van der Waals surface area contributed by atoms with E-state index < -0.39 is 55.5 Å². The van der Waals surface area contributed by atoms with E-state index in [1.165, 1.54) is 171 Å². The zero-order valence-corrected chi connectivity index (χ0v) is 51.2. The van der Waals surface area contributed by atoms with Crippen LogP contribution in [-0.2, 0) is 39.4 Å². The molecular weight excluding hydrogens is 1020 g/mol. The first-order valence-electron chi connectivity index (χ1n) is 27.9. The predicted octanol–water partition coefficient (Wildman–Crippen LogP) is 10.1. The Balaban J connectivity index is -0.000000201. The highest BCUT2D eigenvalue weighted by atomic mass is 35.5. The highest BCUT2D eigenvalue weighted by Crippen LogP contribution is 2.18. The van der Waals surface area contributed by atoms with Crippen molar-refractivity contribution in [3.8, 4) is 0 Å². The molecule has 0 saturated heterocycles. The molecule has 0 saturated carbocycles. The lowest BCUT2D eigenvalue weighted by Crippen LogP contribution is -2.50. The lowest BCUT2D eigenvalue weighted by Gasteiger charge is -2.39. The number of nitrogens with zero attached hydrogens (tertiary/aromatic N) is 2. The summed E-state index contributed by atoms with van der Waals surface area (Å²) in [5.74, 6) is -5.69. The van der Waals surface area contributed by atoms with E-state index in [-0.39, 0.29) is 19.2 Å². The monoisotopic (exact) mass is 1130 g/mol. The molecule has 450 valence electrons.